The average Bonchev–Trinajstić information content (AvgIpc) is 2.67. The maximum absolute atomic E-state index is 4.73. The van der Waals surface area contributed by atoms with Crippen LogP contribution in [0.2, 0.25) is 0 Å². The van der Waals surface area contributed by atoms with Gasteiger partial charge >= 0.3 is 0 Å². The lowest BCUT2D eigenvalue weighted by molar-refractivity contribution is 0.743. The summed E-state index contributed by atoms with van der Waals surface area (Å²) >= 11 is 0. The average molecular weight is 340 g/mol. The zero-order chi connectivity index (χ0) is 18.1. The third-order valence-electron chi connectivity index (χ3n) is 5.22. The van der Waals surface area contributed by atoms with Crippen molar-refractivity contribution in [1.82, 2.24) is 9.97 Å². The van der Waals surface area contributed by atoms with E-state index in [0.717, 1.165) is 12.1 Å². The Balaban J connectivity index is 1.66. The quantitative estimate of drug-likeness (QED) is 0.438. The van der Waals surface area contributed by atoms with Gasteiger partial charge in [0.05, 0.1) is 0 Å². The van der Waals surface area contributed by atoms with Crippen molar-refractivity contribution in [1.29, 1.82) is 0 Å². The summed E-state index contributed by atoms with van der Waals surface area (Å²) < 4.78 is 0. The van der Waals surface area contributed by atoms with Gasteiger partial charge in [-0.2, -0.15) is 0 Å². The first kappa shape index (κ1) is 16.7. The summed E-state index contributed by atoms with van der Waals surface area (Å²) in [6.45, 7) is 6.78. The molecular formula is C24H24N2. The monoisotopic (exact) mass is 340 g/mol. The van der Waals surface area contributed by atoms with Crippen LogP contribution in [-0.4, -0.2) is 9.97 Å². The molecule has 26 heavy (non-hydrogen) atoms. The Morgan fingerprint density at radius 1 is 0.846 bits per heavy atom. The van der Waals surface area contributed by atoms with Crippen LogP contribution in [0, 0.1) is 0 Å². The Morgan fingerprint density at radius 3 is 2.58 bits per heavy atom. The van der Waals surface area contributed by atoms with Crippen LogP contribution in [0.1, 0.15) is 49.4 Å². The topological polar surface area (TPSA) is 25.8 Å². The van der Waals surface area contributed by atoms with E-state index >= 15 is 0 Å². The number of hydrogen-bond acceptors (Lipinski definition) is 2. The fourth-order valence-electron chi connectivity index (χ4n) is 3.69. The van der Waals surface area contributed by atoms with Crippen molar-refractivity contribution in [3.8, 4) is 0 Å². The van der Waals surface area contributed by atoms with Gasteiger partial charge in [-0.3, -0.25) is 9.97 Å². The van der Waals surface area contributed by atoms with Crippen molar-refractivity contribution in [2.45, 2.75) is 39.0 Å². The van der Waals surface area contributed by atoms with Crippen molar-refractivity contribution in [3.05, 3.63) is 83.9 Å². The molecule has 0 fully saturated rings. The van der Waals surface area contributed by atoms with E-state index in [9.17, 15) is 0 Å². The highest BCUT2D eigenvalue weighted by molar-refractivity contribution is 5.86. The Labute approximate surface area is 154 Å². The predicted molar refractivity (Wildman–Crippen MR) is 110 cm³/mol. The first-order valence-electron chi connectivity index (χ1n) is 9.33. The maximum atomic E-state index is 4.73. The van der Waals surface area contributed by atoms with Crippen molar-refractivity contribution >= 4 is 21.5 Å². The molecule has 2 nitrogen and oxygen atoms in total. The highest BCUT2D eigenvalue weighted by Crippen LogP contribution is 2.28. The number of hydrogen-bond donors (Lipinski definition) is 0. The van der Waals surface area contributed by atoms with Gasteiger partial charge in [0.25, 0.3) is 0 Å². The molecule has 2 aromatic heterocycles. The zero-order valence-corrected chi connectivity index (χ0v) is 15.6. The summed E-state index contributed by atoms with van der Waals surface area (Å²) in [5.41, 5.74) is 3.91. The molecule has 2 heterocycles. The third kappa shape index (κ3) is 3.20. The molecule has 2 aromatic carbocycles. The lowest BCUT2D eigenvalue weighted by Crippen LogP contribution is -2.01. The minimum Gasteiger partial charge on any atom is -0.264 e. The van der Waals surface area contributed by atoms with Gasteiger partial charge in [-0.05, 0) is 52.3 Å². The standard InChI is InChI=1S/C24H24N2/c1-16(2)23-6-4-5-21-15-26-22(13-24(21)23)11-17(3)18-7-8-20-14-25-10-9-19(20)12-18/h4-10,12-17H,11H2,1-3H3. The van der Waals surface area contributed by atoms with E-state index in [2.05, 4.69) is 74.3 Å². The zero-order valence-electron chi connectivity index (χ0n) is 15.6. The van der Waals surface area contributed by atoms with E-state index in [1.807, 2.05) is 18.6 Å². The normalized spacial score (nSPS) is 12.8. The number of benzene rings is 2. The SMILES string of the molecule is CC(C)c1cccc2cnc(CC(C)c3ccc4cnccc4c3)cc12. The molecule has 4 rings (SSSR count). The summed E-state index contributed by atoms with van der Waals surface area (Å²) in [5, 5.41) is 5.00. The lowest BCUT2D eigenvalue weighted by Gasteiger charge is -2.14. The van der Waals surface area contributed by atoms with Gasteiger partial charge in [0.15, 0.2) is 0 Å². The second-order valence-corrected chi connectivity index (χ2v) is 7.49. The van der Waals surface area contributed by atoms with Crippen LogP contribution in [-0.2, 0) is 6.42 Å². The minimum absolute atomic E-state index is 0.420. The van der Waals surface area contributed by atoms with E-state index < -0.39 is 0 Å². The number of pyridine rings is 2. The molecular weight excluding hydrogens is 316 g/mol. The van der Waals surface area contributed by atoms with Gasteiger partial charge in [0.2, 0.25) is 0 Å². The second-order valence-electron chi connectivity index (χ2n) is 7.49. The summed E-state index contributed by atoms with van der Waals surface area (Å²) in [4.78, 5) is 8.92. The molecule has 0 amide bonds. The van der Waals surface area contributed by atoms with Gasteiger partial charge in [0.1, 0.15) is 0 Å². The summed E-state index contributed by atoms with van der Waals surface area (Å²) in [7, 11) is 0. The molecule has 0 N–H and O–H groups in total. The van der Waals surface area contributed by atoms with Crippen LogP contribution in [0.3, 0.4) is 0 Å². The molecule has 0 saturated carbocycles. The van der Waals surface area contributed by atoms with Crippen molar-refractivity contribution in [2.75, 3.05) is 0 Å². The minimum atomic E-state index is 0.420. The Kier molecular flexibility index (Phi) is 4.42. The highest BCUT2D eigenvalue weighted by Gasteiger charge is 2.11. The molecule has 0 aliphatic carbocycles. The van der Waals surface area contributed by atoms with Crippen molar-refractivity contribution in [2.24, 2.45) is 0 Å². The van der Waals surface area contributed by atoms with E-state index in [1.165, 1.54) is 32.7 Å². The fraction of sp³-hybridized carbons (Fsp3) is 0.250. The second kappa shape index (κ2) is 6.87. The Bertz CT molecular complexity index is 1070. The smallest absolute Gasteiger partial charge is 0.0416 e. The maximum Gasteiger partial charge on any atom is 0.0416 e. The predicted octanol–water partition coefficient (Wildman–Crippen LogP) is 6.25. The molecule has 0 saturated heterocycles. The van der Waals surface area contributed by atoms with Crippen LogP contribution in [0.4, 0.5) is 0 Å². The summed E-state index contributed by atoms with van der Waals surface area (Å²) in [6, 6.07) is 17.5. The molecule has 0 bridgehead atoms. The molecule has 0 radical (unpaired) electrons. The first-order chi connectivity index (χ1) is 12.6. The van der Waals surface area contributed by atoms with Crippen LogP contribution < -0.4 is 0 Å². The van der Waals surface area contributed by atoms with E-state index in [1.54, 1.807) is 0 Å². The van der Waals surface area contributed by atoms with Crippen LogP contribution in [0.5, 0.6) is 0 Å². The lowest BCUT2D eigenvalue weighted by atomic mass is 9.92. The van der Waals surface area contributed by atoms with Gasteiger partial charge in [-0.15, -0.1) is 0 Å². The van der Waals surface area contributed by atoms with E-state index in [4.69, 9.17) is 4.98 Å². The molecule has 130 valence electrons. The van der Waals surface area contributed by atoms with E-state index in [0.29, 0.717) is 11.8 Å². The van der Waals surface area contributed by atoms with Gasteiger partial charge in [-0.1, -0.05) is 57.2 Å². The first-order valence-corrected chi connectivity index (χ1v) is 9.33. The van der Waals surface area contributed by atoms with Crippen molar-refractivity contribution < 1.29 is 0 Å². The highest BCUT2D eigenvalue weighted by atomic mass is 14.7. The molecule has 1 unspecified atom stereocenters. The Hall–Kier alpha value is -2.74. The summed E-state index contributed by atoms with van der Waals surface area (Å²) in [6.07, 6.45) is 6.74. The largest absolute Gasteiger partial charge is 0.264 e. The molecule has 0 spiro atoms. The Morgan fingerprint density at radius 2 is 1.73 bits per heavy atom. The molecule has 1 atom stereocenters. The molecule has 4 aromatic rings. The number of aromatic nitrogens is 2. The fourth-order valence-corrected chi connectivity index (χ4v) is 3.69. The number of rotatable bonds is 4. The third-order valence-corrected chi connectivity index (χ3v) is 5.22. The van der Waals surface area contributed by atoms with Gasteiger partial charge in [-0.25, -0.2) is 0 Å². The van der Waals surface area contributed by atoms with Crippen LogP contribution >= 0.6 is 0 Å². The van der Waals surface area contributed by atoms with Crippen molar-refractivity contribution in [3.63, 3.8) is 0 Å². The van der Waals surface area contributed by atoms with E-state index in [-0.39, 0.29) is 0 Å². The summed E-state index contributed by atoms with van der Waals surface area (Å²) in [5.74, 6) is 0.934. The number of nitrogens with zero attached hydrogens (tertiary/aromatic N) is 2. The molecule has 0 aliphatic heterocycles. The van der Waals surface area contributed by atoms with Crippen LogP contribution in [0.25, 0.3) is 21.5 Å². The van der Waals surface area contributed by atoms with Gasteiger partial charge < -0.3 is 0 Å². The van der Waals surface area contributed by atoms with Crippen LogP contribution in [0.15, 0.2) is 67.1 Å². The molecule has 0 aliphatic rings. The van der Waals surface area contributed by atoms with Gasteiger partial charge in [0, 0.05) is 35.1 Å². The number of fused-ring (bicyclic) bond motifs is 2. The molecule has 2 heteroatoms.